The molecule has 460 valence electrons. The third kappa shape index (κ3) is 65.1. The van der Waals surface area contributed by atoms with Crippen molar-refractivity contribution in [2.24, 2.45) is 0 Å². The highest BCUT2D eigenvalue weighted by Gasteiger charge is 2.19. The van der Waals surface area contributed by atoms with Crippen molar-refractivity contribution in [1.29, 1.82) is 0 Å². The summed E-state index contributed by atoms with van der Waals surface area (Å²) in [7, 11) is 0. The molecule has 0 N–H and O–H groups in total. The highest BCUT2D eigenvalue weighted by atomic mass is 16.6. The minimum absolute atomic E-state index is 0.0860. The van der Waals surface area contributed by atoms with Crippen LogP contribution in [0.15, 0.2) is 97.2 Å². The van der Waals surface area contributed by atoms with Gasteiger partial charge in [0, 0.05) is 19.3 Å². The van der Waals surface area contributed by atoms with Gasteiger partial charge < -0.3 is 14.2 Å². The first-order valence-corrected chi connectivity index (χ1v) is 34.2. The lowest BCUT2D eigenvalue weighted by molar-refractivity contribution is -0.167. The number of hydrogen-bond acceptors (Lipinski definition) is 6. The summed E-state index contributed by atoms with van der Waals surface area (Å²) in [6, 6.07) is 0. The van der Waals surface area contributed by atoms with E-state index in [0.717, 1.165) is 116 Å². The van der Waals surface area contributed by atoms with E-state index in [0.29, 0.717) is 19.3 Å². The predicted octanol–water partition coefficient (Wildman–Crippen LogP) is 23.6. The molecule has 0 aromatic carbocycles. The molecule has 0 aromatic heterocycles. The van der Waals surface area contributed by atoms with Crippen molar-refractivity contribution in [1.82, 2.24) is 0 Å². The molecule has 6 nitrogen and oxygen atoms in total. The minimum Gasteiger partial charge on any atom is -0.462 e. The van der Waals surface area contributed by atoms with Crippen LogP contribution in [-0.2, 0) is 28.6 Å². The fourth-order valence-electron chi connectivity index (χ4n) is 9.67. The first-order valence-electron chi connectivity index (χ1n) is 34.2. The van der Waals surface area contributed by atoms with Crippen LogP contribution in [0.5, 0.6) is 0 Å². The number of allylic oxidation sites excluding steroid dienone is 16. The number of rotatable bonds is 62. The molecule has 1 unspecified atom stereocenters. The topological polar surface area (TPSA) is 78.9 Å². The van der Waals surface area contributed by atoms with E-state index in [1.54, 1.807) is 0 Å². The molecule has 0 bridgehead atoms. The Balaban J connectivity index is 4.35. The van der Waals surface area contributed by atoms with E-state index < -0.39 is 6.10 Å². The number of ether oxygens (including phenoxy) is 3. The van der Waals surface area contributed by atoms with Crippen molar-refractivity contribution in [2.45, 2.75) is 341 Å². The van der Waals surface area contributed by atoms with Crippen molar-refractivity contribution < 1.29 is 28.6 Å². The zero-order chi connectivity index (χ0) is 57.8. The maximum Gasteiger partial charge on any atom is 0.306 e. The molecule has 1 atom stereocenters. The molecule has 80 heavy (non-hydrogen) atoms. The molecule has 6 heteroatoms. The van der Waals surface area contributed by atoms with Crippen molar-refractivity contribution >= 4 is 17.9 Å². The Kier molecular flexibility index (Phi) is 64.7. The molecule has 0 saturated carbocycles. The lowest BCUT2D eigenvalue weighted by Gasteiger charge is -2.18. The van der Waals surface area contributed by atoms with Crippen LogP contribution in [0, 0.1) is 0 Å². The summed E-state index contributed by atoms with van der Waals surface area (Å²) in [6.07, 6.45) is 91.3. The van der Waals surface area contributed by atoms with Crippen LogP contribution in [0.4, 0.5) is 0 Å². The van der Waals surface area contributed by atoms with Crippen LogP contribution in [0.2, 0.25) is 0 Å². The standard InChI is InChI=1S/C74H128O6/c1-4-7-10-13-16-19-22-25-28-31-33-34-35-36-37-38-39-40-42-43-46-49-52-55-58-61-64-67-73(76)79-70-71(69-78-72(75)66-63-60-57-54-51-48-45-30-27-24-21-18-15-12-9-6-3)80-74(77)68-65-62-59-56-53-50-47-44-41-32-29-26-23-20-17-14-11-8-5-2/h8,11,17,20,22,25-26,29-31,33,35-36,41,44-45,71H,4-7,9-10,12-16,18-19,21,23-24,27-28,32,34,37-40,42-43,46-70H2,1-3H3/b11-8-,20-17-,25-22-,29-26-,33-31-,36-35-,44-41-,45-30-. The van der Waals surface area contributed by atoms with Gasteiger partial charge in [0.05, 0.1) is 0 Å². The molecule has 0 radical (unpaired) electrons. The minimum atomic E-state index is -0.792. The van der Waals surface area contributed by atoms with Gasteiger partial charge in [-0.15, -0.1) is 0 Å². The van der Waals surface area contributed by atoms with Crippen LogP contribution in [0.25, 0.3) is 0 Å². The number of carbonyl (C=O) groups excluding carboxylic acids is 3. The molecule has 0 aliphatic rings. The predicted molar refractivity (Wildman–Crippen MR) is 348 cm³/mol. The van der Waals surface area contributed by atoms with Crippen molar-refractivity contribution in [3.63, 3.8) is 0 Å². The SMILES string of the molecule is CC/C=C\C/C=C\C/C=C\C/C=C\CCCCCCCCC(=O)OC(COC(=O)CCCCCCC/C=C\CCCCCCCCC)COC(=O)CCCCCCCCCCCCCC/C=C\C/C=C\C/C=C\CCCCCCC. The van der Waals surface area contributed by atoms with Gasteiger partial charge in [-0.1, -0.05) is 291 Å². The van der Waals surface area contributed by atoms with Gasteiger partial charge in [0.2, 0.25) is 0 Å². The van der Waals surface area contributed by atoms with E-state index >= 15 is 0 Å². The Labute approximate surface area is 496 Å². The van der Waals surface area contributed by atoms with Crippen molar-refractivity contribution in [3.8, 4) is 0 Å². The molecule has 0 aliphatic carbocycles. The molecule has 0 fully saturated rings. The third-order valence-electron chi connectivity index (χ3n) is 14.8. The van der Waals surface area contributed by atoms with Gasteiger partial charge in [-0.05, 0) is 122 Å². The number of carbonyl (C=O) groups is 3. The van der Waals surface area contributed by atoms with E-state index in [1.807, 2.05) is 0 Å². The van der Waals surface area contributed by atoms with E-state index in [4.69, 9.17) is 14.2 Å². The monoisotopic (exact) mass is 1110 g/mol. The van der Waals surface area contributed by atoms with Crippen LogP contribution in [-0.4, -0.2) is 37.2 Å². The van der Waals surface area contributed by atoms with Crippen LogP contribution in [0.3, 0.4) is 0 Å². The Morgan fingerprint density at radius 1 is 0.263 bits per heavy atom. The smallest absolute Gasteiger partial charge is 0.306 e. The fourth-order valence-corrected chi connectivity index (χ4v) is 9.67. The van der Waals surface area contributed by atoms with Gasteiger partial charge in [-0.2, -0.15) is 0 Å². The molecule has 0 aromatic rings. The summed E-state index contributed by atoms with van der Waals surface area (Å²) in [6.45, 7) is 6.53. The van der Waals surface area contributed by atoms with Crippen LogP contribution in [0.1, 0.15) is 335 Å². The average molecular weight is 1110 g/mol. The zero-order valence-corrected chi connectivity index (χ0v) is 52.8. The van der Waals surface area contributed by atoms with Gasteiger partial charge in [0.25, 0.3) is 0 Å². The highest BCUT2D eigenvalue weighted by Crippen LogP contribution is 2.16. The number of hydrogen-bond donors (Lipinski definition) is 0. The molecular weight excluding hydrogens is 985 g/mol. The van der Waals surface area contributed by atoms with Crippen molar-refractivity contribution in [3.05, 3.63) is 97.2 Å². The van der Waals surface area contributed by atoms with Gasteiger partial charge in [-0.25, -0.2) is 0 Å². The highest BCUT2D eigenvalue weighted by molar-refractivity contribution is 5.71. The quantitative estimate of drug-likeness (QED) is 0.0261. The van der Waals surface area contributed by atoms with Gasteiger partial charge in [0.1, 0.15) is 13.2 Å². The van der Waals surface area contributed by atoms with Crippen LogP contribution < -0.4 is 0 Å². The third-order valence-corrected chi connectivity index (χ3v) is 14.8. The lowest BCUT2D eigenvalue weighted by Crippen LogP contribution is -2.30. The Morgan fingerprint density at radius 2 is 0.487 bits per heavy atom. The summed E-state index contributed by atoms with van der Waals surface area (Å²) < 4.78 is 17.0. The largest absolute Gasteiger partial charge is 0.462 e. The molecule has 0 saturated heterocycles. The Bertz CT molecular complexity index is 1560. The van der Waals surface area contributed by atoms with E-state index in [2.05, 4.69) is 118 Å². The molecule has 0 heterocycles. The number of unbranched alkanes of at least 4 members (excludes halogenated alkanes) is 35. The second kappa shape index (κ2) is 67.8. The molecule has 0 aliphatic heterocycles. The van der Waals surface area contributed by atoms with Gasteiger partial charge in [-0.3, -0.25) is 14.4 Å². The normalized spacial score (nSPS) is 12.7. The maximum atomic E-state index is 12.9. The summed E-state index contributed by atoms with van der Waals surface area (Å²) in [5.74, 6) is -0.897. The van der Waals surface area contributed by atoms with Crippen LogP contribution >= 0.6 is 0 Å². The van der Waals surface area contributed by atoms with E-state index in [1.165, 1.54) is 180 Å². The second-order valence-corrected chi connectivity index (χ2v) is 22.7. The zero-order valence-electron chi connectivity index (χ0n) is 52.8. The summed E-state index contributed by atoms with van der Waals surface area (Å²) in [5, 5.41) is 0. The van der Waals surface area contributed by atoms with E-state index in [-0.39, 0.29) is 31.1 Å². The molecule has 0 amide bonds. The van der Waals surface area contributed by atoms with Crippen molar-refractivity contribution in [2.75, 3.05) is 13.2 Å². The Hall–Kier alpha value is -3.67. The molecular formula is C74H128O6. The van der Waals surface area contributed by atoms with Gasteiger partial charge in [0.15, 0.2) is 6.10 Å². The average Bonchev–Trinajstić information content (AvgIpc) is 3.46. The fraction of sp³-hybridized carbons (Fsp3) is 0.743. The first-order chi connectivity index (χ1) is 39.5. The maximum absolute atomic E-state index is 12.9. The summed E-state index contributed by atoms with van der Waals surface area (Å²) >= 11 is 0. The van der Waals surface area contributed by atoms with E-state index in [9.17, 15) is 14.4 Å². The lowest BCUT2D eigenvalue weighted by atomic mass is 10.0. The Morgan fingerprint density at radius 3 is 0.775 bits per heavy atom. The number of esters is 3. The summed E-state index contributed by atoms with van der Waals surface area (Å²) in [5.41, 5.74) is 0. The molecule has 0 rings (SSSR count). The summed E-state index contributed by atoms with van der Waals surface area (Å²) in [4.78, 5) is 38.4. The van der Waals surface area contributed by atoms with Gasteiger partial charge >= 0.3 is 17.9 Å². The first kappa shape index (κ1) is 76.3. The second-order valence-electron chi connectivity index (χ2n) is 22.7. The molecule has 0 spiro atoms.